The summed E-state index contributed by atoms with van der Waals surface area (Å²) in [4.78, 5) is 6.41. The third kappa shape index (κ3) is 4.60. The third-order valence-electron chi connectivity index (χ3n) is 2.71. The molecule has 1 aromatic rings. The van der Waals surface area contributed by atoms with Crippen molar-refractivity contribution in [1.82, 2.24) is 4.98 Å². The van der Waals surface area contributed by atoms with Gasteiger partial charge in [0.15, 0.2) is 0 Å². The molecule has 1 aromatic heterocycles. The number of hydrogen-bond acceptors (Lipinski definition) is 5. The van der Waals surface area contributed by atoms with Crippen LogP contribution in [0.25, 0.3) is 0 Å². The van der Waals surface area contributed by atoms with Crippen LogP contribution in [0.15, 0.2) is 18.3 Å². The van der Waals surface area contributed by atoms with Crippen LogP contribution < -0.4 is 4.90 Å². The summed E-state index contributed by atoms with van der Waals surface area (Å²) in [7, 11) is 3.35. The molecular formula is C13H22N2O3. The van der Waals surface area contributed by atoms with Crippen LogP contribution in [-0.4, -0.2) is 50.6 Å². The lowest BCUT2D eigenvalue weighted by atomic mass is 10.1. The predicted molar refractivity (Wildman–Crippen MR) is 70.8 cm³/mol. The van der Waals surface area contributed by atoms with Crippen LogP contribution in [0.3, 0.4) is 0 Å². The van der Waals surface area contributed by atoms with Gasteiger partial charge in [-0.05, 0) is 24.6 Å². The van der Waals surface area contributed by atoms with Crippen molar-refractivity contribution in [3.05, 3.63) is 23.9 Å². The van der Waals surface area contributed by atoms with Gasteiger partial charge < -0.3 is 19.5 Å². The van der Waals surface area contributed by atoms with Crippen LogP contribution in [0.5, 0.6) is 0 Å². The van der Waals surface area contributed by atoms with E-state index in [1.54, 1.807) is 27.3 Å². The average Bonchev–Trinajstić information content (AvgIpc) is 2.39. The molecule has 0 amide bonds. The van der Waals surface area contributed by atoms with E-state index in [2.05, 4.69) is 9.88 Å². The van der Waals surface area contributed by atoms with Gasteiger partial charge in [0, 0.05) is 33.5 Å². The van der Waals surface area contributed by atoms with Crippen molar-refractivity contribution >= 4 is 5.82 Å². The van der Waals surface area contributed by atoms with Gasteiger partial charge in [-0.3, -0.25) is 0 Å². The molecule has 0 saturated heterocycles. The molecule has 1 atom stereocenters. The molecule has 0 saturated carbocycles. The Morgan fingerprint density at radius 1 is 1.28 bits per heavy atom. The highest BCUT2D eigenvalue weighted by Gasteiger charge is 2.09. The monoisotopic (exact) mass is 254 g/mol. The van der Waals surface area contributed by atoms with E-state index in [1.807, 2.05) is 12.1 Å². The van der Waals surface area contributed by atoms with Crippen LogP contribution in [-0.2, 0) is 9.47 Å². The molecule has 0 aromatic carbocycles. The number of pyridine rings is 1. The molecule has 0 spiro atoms. The van der Waals surface area contributed by atoms with E-state index in [0.717, 1.165) is 24.5 Å². The molecule has 1 unspecified atom stereocenters. The van der Waals surface area contributed by atoms with Crippen molar-refractivity contribution in [1.29, 1.82) is 0 Å². The Bertz CT molecular complexity index is 337. The molecule has 1 heterocycles. The molecule has 0 fully saturated rings. The summed E-state index contributed by atoms with van der Waals surface area (Å²) in [6.45, 7) is 4.49. The van der Waals surface area contributed by atoms with Gasteiger partial charge >= 0.3 is 0 Å². The van der Waals surface area contributed by atoms with Crippen molar-refractivity contribution in [3.8, 4) is 0 Å². The molecule has 0 aliphatic heterocycles. The fourth-order valence-electron chi connectivity index (χ4n) is 1.61. The molecule has 1 N–H and O–H groups in total. The van der Waals surface area contributed by atoms with Gasteiger partial charge in [0.1, 0.15) is 5.82 Å². The zero-order chi connectivity index (χ0) is 13.4. The van der Waals surface area contributed by atoms with E-state index in [0.29, 0.717) is 13.2 Å². The van der Waals surface area contributed by atoms with Crippen molar-refractivity contribution in [2.24, 2.45) is 0 Å². The van der Waals surface area contributed by atoms with E-state index < -0.39 is 6.10 Å². The molecule has 1 rings (SSSR count). The normalized spacial score (nSPS) is 12.4. The molecule has 0 aliphatic carbocycles. The van der Waals surface area contributed by atoms with Gasteiger partial charge in [0.05, 0.1) is 19.3 Å². The highest BCUT2D eigenvalue weighted by atomic mass is 16.5. The lowest BCUT2D eigenvalue weighted by Gasteiger charge is -2.23. The standard InChI is InChI=1S/C13H22N2O3/c1-11(16)12-4-5-14-13(10-12)15(6-8-17-2)7-9-18-3/h4-5,10-11,16H,6-9H2,1-3H3. The smallest absolute Gasteiger partial charge is 0.128 e. The predicted octanol–water partition coefficient (Wildman–Crippen LogP) is 1.23. The van der Waals surface area contributed by atoms with Gasteiger partial charge in [-0.25, -0.2) is 4.98 Å². The molecule has 18 heavy (non-hydrogen) atoms. The number of nitrogens with zero attached hydrogens (tertiary/aromatic N) is 2. The first-order chi connectivity index (χ1) is 8.69. The fraction of sp³-hybridized carbons (Fsp3) is 0.615. The number of hydrogen-bond donors (Lipinski definition) is 1. The summed E-state index contributed by atoms with van der Waals surface area (Å²) in [6, 6.07) is 3.72. The molecule has 0 bridgehead atoms. The maximum atomic E-state index is 9.59. The number of aromatic nitrogens is 1. The SMILES string of the molecule is COCCN(CCOC)c1cc(C(C)O)ccn1. The first kappa shape index (κ1) is 14.9. The number of rotatable bonds is 8. The lowest BCUT2D eigenvalue weighted by Crippen LogP contribution is -2.31. The van der Waals surface area contributed by atoms with E-state index >= 15 is 0 Å². The quantitative estimate of drug-likeness (QED) is 0.756. The summed E-state index contributed by atoms with van der Waals surface area (Å²) in [5, 5.41) is 9.59. The molecule has 102 valence electrons. The minimum absolute atomic E-state index is 0.488. The van der Waals surface area contributed by atoms with Gasteiger partial charge in [-0.1, -0.05) is 0 Å². The van der Waals surface area contributed by atoms with Crippen LogP contribution in [0.1, 0.15) is 18.6 Å². The average molecular weight is 254 g/mol. The number of methoxy groups -OCH3 is 2. The Morgan fingerprint density at radius 2 is 1.89 bits per heavy atom. The Morgan fingerprint density at radius 3 is 2.39 bits per heavy atom. The summed E-state index contributed by atoms with van der Waals surface area (Å²) in [6.07, 6.45) is 1.22. The maximum absolute atomic E-state index is 9.59. The van der Waals surface area contributed by atoms with Crippen molar-refractivity contribution in [3.63, 3.8) is 0 Å². The van der Waals surface area contributed by atoms with Crippen LogP contribution in [0.2, 0.25) is 0 Å². The number of aliphatic hydroxyl groups is 1. The largest absolute Gasteiger partial charge is 0.389 e. The summed E-state index contributed by atoms with van der Waals surface area (Å²) < 4.78 is 10.2. The summed E-state index contributed by atoms with van der Waals surface area (Å²) >= 11 is 0. The van der Waals surface area contributed by atoms with E-state index in [1.165, 1.54) is 0 Å². The minimum atomic E-state index is -0.488. The fourth-order valence-corrected chi connectivity index (χ4v) is 1.61. The van der Waals surface area contributed by atoms with Gasteiger partial charge in [0.25, 0.3) is 0 Å². The molecule has 5 heteroatoms. The molecule has 5 nitrogen and oxygen atoms in total. The Balaban J connectivity index is 2.78. The van der Waals surface area contributed by atoms with Gasteiger partial charge in [0.2, 0.25) is 0 Å². The second-order valence-corrected chi connectivity index (χ2v) is 4.10. The second-order valence-electron chi connectivity index (χ2n) is 4.10. The van der Waals surface area contributed by atoms with Crippen LogP contribution in [0.4, 0.5) is 5.82 Å². The Kier molecular flexibility index (Phi) is 6.64. The first-order valence-electron chi connectivity index (χ1n) is 6.06. The first-order valence-corrected chi connectivity index (χ1v) is 6.06. The number of anilines is 1. The van der Waals surface area contributed by atoms with Gasteiger partial charge in [-0.15, -0.1) is 0 Å². The zero-order valence-corrected chi connectivity index (χ0v) is 11.3. The highest BCUT2D eigenvalue weighted by Crippen LogP contribution is 2.17. The van der Waals surface area contributed by atoms with Crippen molar-refractivity contribution in [2.45, 2.75) is 13.0 Å². The maximum Gasteiger partial charge on any atom is 0.128 e. The van der Waals surface area contributed by atoms with E-state index in [9.17, 15) is 5.11 Å². The molecule has 0 radical (unpaired) electrons. The number of ether oxygens (including phenoxy) is 2. The lowest BCUT2D eigenvalue weighted by molar-refractivity contribution is 0.189. The van der Waals surface area contributed by atoms with Crippen LogP contribution in [0, 0.1) is 0 Å². The van der Waals surface area contributed by atoms with Crippen molar-refractivity contribution < 1.29 is 14.6 Å². The van der Waals surface area contributed by atoms with Crippen LogP contribution >= 0.6 is 0 Å². The van der Waals surface area contributed by atoms with E-state index in [4.69, 9.17) is 9.47 Å². The molecule has 0 aliphatic rings. The minimum Gasteiger partial charge on any atom is -0.389 e. The zero-order valence-electron chi connectivity index (χ0n) is 11.3. The van der Waals surface area contributed by atoms with Gasteiger partial charge in [-0.2, -0.15) is 0 Å². The number of aliphatic hydroxyl groups excluding tert-OH is 1. The highest BCUT2D eigenvalue weighted by molar-refractivity contribution is 5.41. The second kappa shape index (κ2) is 8.02. The summed E-state index contributed by atoms with van der Waals surface area (Å²) in [5.41, 5.74) is 0.861. The summed E-state index contributed by atoms with van der Waals surface area (Å²) in [5.74, 6) is 0.836. The van der Waals surface area contributed by atoms with E-state index in [-0.39, 0.29) is 0 Å². The van der Waals surface area contributed by atoms with Crippen molar-refractivity contribution in [2.75, 3.05) is 45.4 Å². The topological polar surface area (TPSA) is 54.8 Å². The Labute approximate surface area is 108 Å². The molecular weight excluding hydrogens is 232 g/mol. The Hall–Kier alpha value is -1.17. The third-order valence-corrected chi connectivity index (χ3v) is 2.71.